The molecule has 1 aromatic rings. The number of aryl methyl sites for hydroxylation is 2. The Kier molecular flexibility index (Phi) is 3.07. The van der Waals surface area contributed by atoms with Crippen molar-refractivity contribution in [2.45, 2.75) is 31.3 Å². The maximum atomic E-state index is 10.3. The number of nitrogens with zero attached hydrogens (tertiary/aromatic N) is 2. The second-order valence-electron chi connectivity index (χ2n) is 4.45. The van der Waals surface area contributed by atoms with Crippen molar-refractivity contribution < 1.29 is 5.11 Å². The van der Waals surface area contributed by atoms with Gasteiger partial charge in [-0.1, -0.05) is 0 Å². The summed E-state index contributed by atoms with van der Waals surface area (Å²) in [6.45, 7) is 1.76. The highest BCUT2D eigenvalue weighted by molar-refractivity contribution is 5.01. The summed E-state index contributed by atoms with van der Waals surface area (Å²) >= 11 is 0. The van der Waals surface area contributed by atoms with E-state index < -0.39 is 5.60 Å². The van der Waals surface area contributed by atoms with Gasteiger partial charge >= 0.3 is 0 Å². The average molecular weight is 209 g/mol. The van der Waals surface area contributed by atoms with E-state index in [9.17, 15) is 5.11 Å². The lowest BCUT2D eigenvalue weighted by atomic mass is 9.89. The van der Waals surface area contributed by atoms with E-state index in [2.05, 4.69) is 10.4 Å². The molecule has 1 fully saturated rings. The molecule has 0 aromatic carbocycles. The summed E-state index contributed by atoms with van der Waals surface area (Å²) in [5.74, 6) is 0. The van der Waals surface area contributed by atoms with Crippen LogP contribution in [-0.2, 0) is 13.5 Å². The van der Waals surface area contributed by atoms with Gasteiger partial charge in [-0.2, -0.15) is 5.10 Å². The summed E-state index contributed by atoms with van der Waals surface area (Å²) in [6, 6.07) is 2.01. The number of hydrogen-bond donors (Lipinski definition) is 2. The van der Waals surface area contributed by atoms with Crippen LogP contribution in [0.25, 0.3) is 0 Å². The monoisotopic (exact) mass is 209 g/mol. The number of hydrogen-bond acceptors (Lipinski definition) is 3. The number of rotatable bonds is 3. The lowest BCUT2D eigenvalue weighted by Gasteiger charge is -2.32. The summed E-state index contributed by atoms with van der Waals surface area (Å²) in [5, 5.41) is 17.6. The third kappa shape index (κ3) is 2.58. The smallest absolute Gasteiger partial charge is 0.0775 e. The summed E-state index contributed by atoms with van der Waals surface area (Å²) in [5.41, 5.74) is 0.677. The first-order chi connectivity index (χ1) is 7.20. The standard InChI is InChI=1S/C11H19N3O/c1-14-10(4-8-13-14)3-6-11(15)5-2-7-12-9-11/h4,8,12,15H,2-3,5-7,9H2,1H3. The molecule has 2 N–H and O–H groups in total. The topological polar surface area (TPSA) is 50.1 Å². The molecular formula is C11H19N3O. The maximum Gasteiger partial charge on any atom is 0.0775 e. The quantitative estimate of drug-likeness (QED) is 0.760. The summed E-state index contributed by atoms with van der Waals surface area (Å²) < 4.78 is 1.87. The van der Waals surface area contributed by atoms with Crippen LogP contribution >= 0.6 is 0 Å². The first-order valence-corrected chi connectivity index (χ1v) is 5.60. The highest BCUT2D eigenvalue weighted by Crippen LogP contribution is 2.21. The zero-order valence-corrected chi connectivity index (χ0v) is 9.24. The Bertz CT molecular complexity index is 315. The Labute approximate surface area is 90.3 Å². The highest BCUT2D eigenvalue weighted by Gasteiger charge is 2.28. The Morgan fingerprint density at radius 1 is 1.67 bits per heavy atom. The fourth-order valence-electron chi connectivity index (χ4n) is 2.17. The van der Waals surface area contributed by atoms with Crippen LogP contribution in [0, 0.1) is 0 Å². The van der Waals surface area contributed by atoms with E-state index in [1.807, 2.05) is 17.8 Å². The van der Waals surface area contributed by atoms with E-state index in [1.54, 1.807) is 6.20 Å². The number of aliphatic hydroxyl groups is 1. The van der Waals surface area contributed by atoms with Gasteiger partial charge in [0.1, 0.15) is 0 Å². The van der Waals surface area contributed by atoms with Crippen molar-refractivity contribution in [2.24, 2.45) is 7.05 Å². The SMILES string of the molecule is Cn1nccc1CCC1(O)CCCNC1. The van der Waals surface area contributed by atoms with Crippen LogP contribution in [-0.4, -0.2) is 33.6 Å². The molecule has 0 spiro atoms. The van der Waals surface area contributed by atoms with Crippen LogP contribution in [0.4, 0.5) is 0 Å². The van der Waals surface area contributed by atoms with Crippen molar-refractivity contribution >= 4 is 0 Å². The van der Waals surface area contributed by atoms with Crippen molar-refractivity contribution in [2.75, 3.05) is 13.1 Å². The number of nitrogens with one attached hydrogen (secondary N) is 1. The van der Waals surface area contributed by atoms with Gasteiger partial charge in [-0.3, -0.25) is 4.68 Å². The number of aromatic nitrogens is 2. The first kappa shape index (κ1) is 10.6. The molecule has 0 aliphatic carbocycles. The normalized spacial score (nSPS) is 26.8. The van der Waals surface area contributed by atoms with E-state index in [1.165, 1.54) is 5.69 Å². The van der Waals surface area contributed by atoms with Gasteiger partial charge in [-0.25, -0.2) is 0 Å². The fraction of sp³-hybridized carbons (Fsp3) is 0.727. The van der Waals surface area contributed by atoms with Crippen molar-refractivity contribution in [3.05, 3.63) is 18.0 Å². The molecule has 15 heavy (non-hydrogen) atoms. The Morgan fingerprint density at radius 2 is 2.53 bits per heavy atom. The molecule has 84 valence electrons. The molecule has 0 amide bonds. The van der Waals surface area contributed by atoms with Crippen LogP contribution in [0.3, 0.4) is 0 Å². The van der Waals surface area contributed by atoms with E-state index >= 15 is 0 Å². The van der Waals surface area contributed by atoms with Gasteiger partial charge in [0.15, 0.2) is 0 Å². The fourth-order valence-corrected chi connectivity index (χ4v) is 2.17. The van der Waals surface area contributed by atoms with Gasteiger partial charge in [-0.05, 0) is 38.3 Å². The number of piperidine rings is 1. The minimum Gasteiger partial charge on any atom is -0.389 e. The minimum atomic E-state index is -0.511. The molecule has 2 heterocycles. The third-order valence-electron chi connectivity index (χ3n) is 3.22. The zero-order chi connectivity index (χ0) is 10.7. The molecule has 1 aliphatic heterocycles. The highest BCUT2D eigenvalue weighted by atomic mass is 16.3. The number of β-amino-alcohol motifs (C(OH)–C–C–N with tert-alkyl or cyclic N) is 1. The van der Waals surface area contributed by atoms with Crippen LogP contribution in [0.5, 0.6) is 0 Å². The molecule has 1 aromatic heterocycles. The van der Waals surface area contributed by atoms with Crippen LogP contribution < -0.4 is 5.32 Å². The summed E-state index contributed by atoms with van der Waals surface area (Å²) in [4.78, 5) is 0. The molecule has 1 saturated heterocycles. The Morgan fingerprint density at radius 3 is 3.13 bits per heavy atom. The van der Waals surface area contributed by atoms with Gasteiger partial charge in [0, 0.05) is 25.5 Å². The van der Waals surface area contributed by atoms with E-state index in [-0.39, 0.29) is 0 Å². The van der Waals surface area contributed by atoms with E-state index in [0.29, 0.717) is 0 Å². The predicted octanol–water partition coefficient (Wildman–Crippen LogP) is 0.467. The summed E-state index contributed by atoms with van der Waals surface area (Å²) in [7, 11) is 1.94. The second kappa shape index (κ2) is 4.33. The molecule has 2 rings (SSSR count). The lowest BCUT2D eigenvalue weighted by molar-refractivity contribution is 0.00851. The molecular weight excluding hydrogens is 190 g/mol. The molecule has 0 bridgehead atoms. The second-order valence-corrected chi connectivity index (χ2v) is 4.45. The first-order valence-electron chi connectivity index (χ1n) is 5.60. The average Bonchev–Trinajstić information content (AvgIpc) is 2.62. The van der Waals surface area contributed by atoms with Crippen LogP contribution in [0.1, 0.15) is 25.0 Å². The Balaban J connectivity index is 1.89. The molecule has 4 nitrogen and oxygen atoms in total. The van der Waals surface area contributed by atoms with Gasteiger partial charge in [-0.15, -0.1) is 0 Å². The third-order valence-corrected chi connectivity index (χ3v) is 3.22. The van der Waals surface area contributed by atoms with Crippen LogP contribution in [0.15, 0.2) is 12.3 Å². The molecule has 0 saturated carbocycles. The molecule has 4 heteroatoms. The van der Waals surface area contributed by atoms with Crippen LogP contribution in [0.2, 0.25) is 0 Å². The molecule has 1 atom stereocenters. The van der Waals surface area contributed by atoms with Crippen molar-refractivity contribution in [3.63, 3.8) is 0 Å². The lowest BCUT2D eigenvalue weighted by Crippen LogP contribution is -2.45. The van der Waals surface area contributed by atoms with Gasteiger partial charge in [0.2, 0.25) is 0 Å². The van der Waals surface area contributed by atoms with Crippen molar-refractivity contribution in [1.29, 1.82) is 0 Å². The maximum absolute atomic E-state index is 10.3. The summed E-state index contributed by atoms with van der Waals surface area (Å²) in [6.07, 6.45) is 5.51. The Hall–Kier alpha value is -0.870. The minimum absolute atomic E-state index is 0.511. The van der Waals surface area contributed by atoms with Gasteiger partial charge in [0.25, 0.3) is 0 Å². The van der Waals surface area contributed by atoms with Crippen molar-refractivity contribution in [1.82, 2.24) is 15.1 Å². The van der Waals surface area contributed by atoms with Gasteiger partial charge < -0.3 is 10.4 Å². The largest absolute Gasteiger partial charge is 0.389 e. The van der Waals surface area contributed by atoms with Crippen molar-refractivity contribution in [3.8, 4) is 0 Å². The molecule has 1 aliphatic rings. The van der Waals surface area contributed by atoms with Gasteiger partial charge in [0.05, 0.1) is 5.60 Å². The zero-order valence-electron chi connectivity index (χ0n) is 9.24. The van der Waals surface area contributed by atoms with E-state index in [0.717, 1.165) is 38.8 Å². The van der Waals surface area contributed by atoms with E-state index in [4.69, 9.17) is 0 Å². The molecule has 1 unspecified atom stereocenters. The molecule has 0 radical (unpaired) electrons. The predicted molar refractivity (Wildman–Crippen MR) is 58.6 cm³/mol.